The van der Waals surface area contributed by atoms with E-state index in [4.69, 9.17) is 42.6 Å². The third-order valence-corrected chi connectivity index (χ3v) is 13.9. The number of hydrogen-bond donors (Lipinski definition) is 0. The van der Waals surface area contributed by atoms with Crippen LogP contribution in [0.25, 0.3) is 0 Å². The van der Waals surface area contributed by atoms with Crippen molar-refractivity contribution in [2.75, 3.05) is 0 Å². The normalized spacial score (nSPS) is 25.1. The van der Waals surface area contributed by atoms with Gasteiger partial charge in [0.15, 0.2) is 30.6 Å². The Labute approximate surface area is 336 Å². The molecule has 0 saturated carbocycles. The van der Waals surface area contributed by atoms with Gasteiger partial charge < -0.3 is 42.6 Å². The molecular formula is C48H56O9. The largest absolute Gasteiger partial charge is 0.480 e. The lowest BCUT2D eigenvalue weighted by Gasteiger charge is -2.37. The van der Waals surface area contributed by atoms with Gasteiger partial charge in [0.05, 0.1) is 40.2 Å². The van der Waals surface area contributed by atoms with Crippen LogP contribution < -0.4 is 9.47 Å². The van der Waals surface area contributed by atoms with Crippen molar-refractivity contribution in [2.45, 2.75) is 154 Å². The Morgan fingerprint density at radius 1 is 0.509 bits per heavy atom. The van der Waals surface area contributed by atoms with Crippen molar-refractivity contribution in [3.63, 3.8) is 0 Å². The minimum atomic E-state index is -0.898. The summed E-state index contributed by atoms with van der Waals surface area (Å²) < 4.78 is 61.7. The summed E-state index contributed by atoms with van der Waals surface area (Å²) in [5.74, 6) is 2.18. The fourth-order valence-electron chi connectivity index (χ4n) is 8.49. The number of fused-ring (bicyclic) bond motifs is 6. The van der Waals surface area contributed by atoms with E-state index < -0.39 is 64.2 Å². The summed E-state index contributed by atoms with van der Waals surface area (Å²) in [4.78, 5) is 0. The van der Waals surface area contributed by atoms with Gasteiger partial charge in [0.1, 0.15) is 17.2 Å². The maximum Gasteiger partial charge on any atom is 0.200 e. The predicted molar refractivity (Wildman–Crippen MR) is 214 cm³/mol. The molecule has 0 aromatic heterocycles. The molecule has 3 saturated heterocycles. The molecule has 0 radical (unpaired) electrons. The molecular weight excluding hydrogens is 721 g/mol. The molecule has 0 bridgehead atoms. The molecule has 9 nitrogen and oxygen atoms in total. The molecule has 5 heterocycles. The molecule has 57 heavy (non-hydrogen) atoms. The second kappa shape index (κ2) is 12.6. The Hall–Kier alpha value is -3.80. The summed E-state index contributed by atoms with van der Waals surface area (Å²) in [6, 6.07) is 28.4. The summed E-state index contributed by atoms with van der Waals surface area (Å²) in [5, 5.41) is 0. The molecule has 5 aliphatic rings. The maximum atomic E-state index is 7.37. The number of rotatable bonds is 6. The van der Waals surface area contributed by atoms with Crippen LogP contribution in [0.5, 0.6) is 17.2 Å². The molecule has 0 aliphatic carbocycles. The number of hydrogen-bond acceptors (Lipinski definition) is 9. The molecule has 5 aliphatic heterocycles. The van der Waals surface area contributed by atoms with E-state index in [1.807, 2.05) is 60.7 Å². The van der Waals surface area contributed by atoms with E-state index in [0.29, 0.717) is 12.4 Å². The van der Waals surface area contributed by atoms with E-state index in [9.17, 15) is 0 Å². The van der Waals surface area contributed by atoms with Crippen molar-refractivity contribution in [1.82, 2.24) is 0 Å². The van der Waals surface area contributed by atoms with Crippen LogP contribution in [0.1, 0.15) is 141 Å². The smallest absolute Gasteiger partial charge is 0.200 e. The quantitative estimate of drug-likeness (QED) is 0.190. The molecule has 4 aromatic rings. The maximum absolute atomic E-state index is 7.37. The molecule has 1 atom stereocenters. The van der Waals surface area contributed by atoms with Gasteiger partial charge in [-0.25, -0.2) is 0 Å². The second-order valence-electron chi connectivity index (χ2n) is 19.0. The highest BCUT2D eigenvalue weighted by molar-refractivity contribution is 5.65. The van der Waals surface area contributed by atoms with Crippen LogP contribution in [-0.2, 0) is 45.4 Å². The van der Waals surface area contributed by atoms with Crippen LogP contribution >= 0.6 is 0 Å². The van der Waals surface area contributed by atoms with E-state index in [0.717, 1.165) is 50.4 Å². The van der Waals surface area contributed by atoms with Crippen LogP contribution in [0.15, 0.2) is 84.9 Å². The first-order valence-electron chi connectivity index (χ1n) is 20.2. The van der Waals surface area contributed by atoms with Crippen LogP contribution in [0.3, 0.4) is 0 Å². The summed E-state index contributed by atoms with van der Waals surface area (Å²) in [6.07, 6.45) is -3.09. The topological polar surface area (TPSA) is 83.1 Å². The monoisotopic (exact) mass is 776 g/mol. The summed E-state index contributed by atoms with van der Waals surface area (Å²) in [6.45, 7) is 25.0. The van der Waals surface area contributed by atoms with Crippen molar-refractivity contribution in [3.8, 4) is 17.2 Å². The highest BCUT2D eigenvalue weighted by Crippen LogP contribution is 2.58. The molecule has 1 unspecified atom stereocenters. The van der Waals surface area contributed by atoms with Crippen molar-refractivity contribution in [1.29, 1.82) is 0 Å². The van der Waals surface area contributed by atoms with E-state index in [1.54, 1.807) is 0 Å². The van der Waals surface area contributed by atoms with Crippen molar-refractivity contribution >= 4 is 0 Å². The highest BCUT2D eigenvalue weighted by atomic mass is 16.8. The van der Waals surface area contributed by atoms with Gasteiger partial charge in [0.2, 0.25) is 0 Å². The zero-order valence-corrected chi connectivity index (χ0v) is 35.3. The van der Waals surface area contributed by atoms with Gasteiger partial charge in [0.25, 0.3) is 0 Å². The van der Waals surface area contributed by atoms with Gasteiger partial charge in [-0.1, -0.05) is 66.7 Å². The van der Waals surface area contributed by atoms with Gasteiger partial charge in [-0.05, 0) is 101 Å². The van der Waals surface area contributed by atoms with Crippen molar-refractivity contribution < 1.29 is 42.6 Å². The third kappa shape index (κ3) is 5.75. The minimum absolute atomic E-state index is 0.308. The molecule has 9 rings (SSSR count). The fraction of sp³-hybridized carbons (Fsp3) is 0.500. The lowest BCUT2D eigenvalue weighted by atomic mass is 9.77. The SMILES string of the molecule is CC1(C)OC(c2cccc(C(Oc3cccc4c3COC43c4ccccc4Oc4ccccc43)C3OC(C)(C)C(C)(C)O3)c2C2OC(C)(C)C(C)(C)O2)OC1(C)C. The molecule has 1 spiro atoms. The Kier molecular flexibility index (Phi) is 8.56. The molecule has 3 fully saturated rings. The lowest BCUT2D eigenvalue weighted by Crippen LogP contribution is -2.41. The molecule has 0 amide bonds. The van der Waals surface area contributed by atoms with Gasteiger partial charge in [-0.2, -0.15) is 0 Å². The zero-order chi connectivity index (χ0) is 40.6. The number of ether oxygens (including phenoxy) is 9. The van der Waals surface area contributed by atoms with E-state index in [2.05, 4.69) is 107 Å². The van der Waals surface area contributed by atoms with Crippen molar-refractivity contribution in [3.05, 3.63) is 124 Å². The first-order chi connectivity index (χ1) is 26.7. The summed E-state index contributed by atoms with van der Waals surface area (Å²) in [5.41, 5.74) is 1.57. The predicted octanol–water partition coefficient (Wildman–Crippen LogP) is 10.9. The fourth-order valence-corrected chi connectivity index (χ4v) is 8.49. The van der Waals surface area contributed by atoms with Gasteiger partial charge in [-0.15, -0.1) is 0 Å². The summed E-state index contributed by atoms with van der Waals surface area (Å²) >= 11 is 0. The average Bonchev–Trinajstić information content (AvgIpc) is 3.77. The molecule has 0 N–H and O–H groups in total. The highest BCUT2D eigenvalue weighted by Gasteiger charge is 2.57. The third-order valence-electron chi connectivity index (χ3n) is 13.9. The van der Waals surface area contributed by atoms with Gasteiger partial charge >= 0.3 is 0 Å². The van der Waals surface area contributed by atoms with E-state index in [1.165, 1.54) is 0 Å². The Balaban J connectivity index is 1.22. The summed E-state index contributed by atoms with van der Waals surface area (Å²) in [7, 11) is 0. The van der Waals surface area contributed by atoms with Gasteiger partial charge in [0, 0.05) is 38.9 Å². The number of benzene rings is 4. The van der Waals surface area contributed by atoms with Crippen molar-refractivity contribution in [2.24, 2.45) is 0 Å². The van der Waals surface area contributed by atoms with Gasteiger partial charge in [-0.3, -0.25) is 0 Å². The van der Waals surface area contributed by atoms with E-state index in [-0.39, 0.29) is 0 Å². The number of para-hydroxylation sites is 2. The van der Waals surface area contributed by atoms with Crippen LogP contribution in [0.2, 0.25) is 0 Å². The second-order valence-corrected chi connectivity index (χ2v) is 19.0. The van der Waals surface area contributed by atoms with Crippen LogP contribution in [0.4, 0.5) is 0 Å². The van der Waals surface area contributed by atoms with Crippen LogP contribution in [-0.4, -0.2) is 39.9 Å². The van der Waals surface area contributed by atoms with Crippen LogP contribution in [0, 0.1) is 0 Å². The first kappa shape index (κ1) is 38.7. The molecule has 4 aromatic carbocycles. The Morgan fingerprint density at radius 3 is 1.54 bits per heavy atom. The molecule has 302 valence electrons. The van der Waals surface area contributed by atoms with E-state index >= 15 is 0 Å². The standard InChI is InChI=1S/C48H56O9/c1-42(2)43(3,4)53-39(52-42)29-20-17-19-28(37(29)40-54-44(5,6)45(7,8)55-40)38(41-56-46(9,10)47(11,12)57-41)51-34-26-18-23-31-30(34)27-49-48(31)32-21-13-15-24-35(32)50-36-25-16-14-22-33(36)48/h13-26,38-41H,27H2,1-12H3. The minimum Gasteiger partial charge on any atom is -0.480 e. The Morgan fingerprint density at radius 2 is 0.982 bits per heavy atom. The Bertz CT molecular complexity index is 2140. The zero-order valence-electron chi connectivity index (χ0n) is 35.3. The molecule has 9 heteroatoms. The average molecular weight is 777 g/mol. The first-order valence-corrected chi connectivity index (χ1v) is 20.2. The lowest BCUT2D eigenvalue weighted by molar-refractivity contribution is -0.148.